The van der Waals surface area contributed by atoms with Gasteiger partial charge >= 0.3 is 0 Å². The number of nitrogens with one attached hydrogen (secondary N) is 1. The Balaban J connectivity index is 1.88. The predicted octanol–water partition coefficient (Wildman–Crippen LogP) is 4.67. The van der Waals surface area contributed by atoms with Gasteiger partial charge in [-0.15, -0.1) is 0 Å². The van der Waals surface area contributed by atoms with E-state index in [-0.39, 0.29) is 5.91 Å². The van der Waals surface area contributed by atoms with Gasteiger partial charge in [-0.3, -0.25) is 4.79 Å². The van der Waals surface area contributed by atoms with Crippen LogP contribution in [0.5, 0.6) is 5.75 Å². The van der Waals surface area contributed by atoms with Crippen molar-refractivity contribution in [2.75, 3.05) is 12.4 Å². The van der Waals surface area contributed by atoms with Crippen LogP contribution in [0.3, 0.4) is 0 Å². The molecular formula is C20H18ClN3O2. The summed E-state index contributed by atoms with van der Waals surface area (Å²) in [5, 5.41) is 3.42. The maximum absolute atomic E-state index is 12.7. The molecule has 1 N–H and O–H groups in total. The second kappa shape index (κ2) is 7.54. The van der Waals surface area contributed by atoms with E-state index >= 15 is 0 Å². The first kappa shape index (κ1) is 17.9. The smallest absolute Gasteiger partial charge is 0.259 e. The zero-order chi connectivity index (χ0) is 18.7. The summed E-state index contributed by atoms with van der Waals surface area (Å²) in [5.74, 6) is 0.773. The molecule has 0 aliphatic carbocycles. The van der Waals surface area contributed by atoms with Crippen molar-refractivity contribution in [1.82, 2.24) is 9.97 Å². The number of aryl methyl sites for hydroxylation is 2. The summed E-state index contributed by atoms with van der Waals surface area (Å²) < 4.78 is 5.29. The molecule has 0 aliphatic heterocycles. The van der Waals surface area contributed by atoms with Crippen molar-refractivity contribution >= 4 is 23.2 Å². The third-order valence-electron chi connectivity index (χ3n) is 3.98. The number of nitrogens with zero attached hydrogens (tertiary/aromatic N) is 2. The van der Waals surface area contributed by atoms with Gasteiger partial charge in [0.15, 0.2) is 5.82 Å². The lowest BCUT2D eigenvalue weighted by atomic mass is 10.1. The van der Waals surface area contributed by atoms with E-state index < -0.39 is 0 Å². The molecule has 3 aromatic rings. The van der Waals surface area contributed by atoms with Crippen molar-refractivity contribution in [3.8, 4) is 17.1 Å². The molecule has 0 bridgehead atoms. The highest BCUT2D eigenvalue weighted by atomic mass is 35.5. The van der Waals surface area contributed by atoms with Crippen molar-refractivity contribution in [2.24, 2.45) is 0 Å². The number of carbonyl (C=O) groups excluding carboxylic acids is 1. The Kier molecular flexibility index (Phi) is 5.19. The molecule has 6 heteroatoms. The quantitative estimate of drug-likeness (QED) is 0.727. The van der Waals surface area contributed by atoms with E-state index in [1.54, 1.807) is 19.1 Å². The minimum absolute atomic E-state index is 0.304. The van der Waals surface area contributed by atoms with Gasteiger partial charge in [0, 0.05) is 22.8 Å². The van der Waals surface area contributed by atoms with Crippen LogP contribution < -0.4 is 10.1 Å². The molecule has 2 aromatic carbocycles. The fourth-order valence-corrected chi connectivity index (χ4v) is 2.69. The topological polar surface area (TPSA) is 64.1 Å². The van der Waals surface area contributed by atoms with Gasteiger partial charge in [-0.2, -0.15) is 0 Å². The molecule has 0 saturated heterocycles. The van der Waals surface area contributed by atoms with Crippen LogP contribution in [-0.2, 0) is 0 Å². The number of rotatable bonds is 4. The maximum atomic E-state index is 12.7. The monoisotopic (exact) mass is 367 g/mol. The summed E-state index contributed by atoms with van der Waals surface area (Å²) in [6.07, 6.45) is 1.54. The van der Waals surface area contributed by atoms with E-state index in [2.05, 4.69) is 15.3 Å². The third kappa shape index (κ3) is 3.68. The van der Waals surface area contributed by atoms with Gasteiger partial charge < -0.3 is 10.1 Å². The number of ether oxygens (including phenoxy) is 1. The second-order valence-corrected chi connectivity index (χ2v) is 6.22. The SMILES string of the molecule is COc1cc(Cl)c(C)cc1NC(=O)c1cnc(-c2ccccc2)nc1C. The normalized spacial score (nSPS) is 10.5. The predicted molar refractivity (Wildman–Crippen MR) is 103 cm³/mol. The highest BCUT2D eigenvalue weighted by molar-refractivity contribution is 6.31. The zero-order valence-electron chi connectivity index (χ0n) is 14.7. The molecule has 0 fully saturated rings. The summed E-state index contributed by atoms with van der Waals surface area (Å²) in [4.78, 5) is 21.4. The van der Waals surface area contributed by atoms with Gasteiger partial charge in [-0.05, 0) is 25.5 Å². The van der Waals surface area contributed by atoms with Gasteiger partial charge in [0.1, 0.15) is 5.75 Å². The summed E-state index contributed by atoms with van der Waals surface area (Å²) in [7, 11) is 1.53. The molecule has 3 rings (SSSR count). The van der Waals surface area contributed by atoms with E-state index in [1.165, 1.54) is 13.3 Å². The molecule has 0 radical (unpaired) electrons. The highest BCUT2D eigenvalue weighted by Gasteiger charge is 2.15. The Morgan fingerprint density at radius 3 is 2.54 bits per heavy atom. The van der Waals surface area contributed by atoms with Crippen LogP contribution >= 0.6 is 11.6 Å². The number of halogens is 1. The van der Waals surface area contributed by atoms with Gasteiger partial charge in [-0.25, -0.2) is 9.97 Å². The number of anilines is 1. The molecule has 0 unspecified atom stereocenters. The number of amides is 1. The lowest BCUT2D eigenvalue weighted by Gasteiger charge is -2.13. The number of hydrogen-bond acceptors (Lipinski definition) is 4. The first-order chi connectivity index (χ1) is 12.5. The van der Waals surface area contributed by atoms with E-state index in [9.17, 15) is 4.79 Å². The van der Waals surface area contributed by atoms with Gasteiger partial charge in [-0.1, -0.05) is 41.9 Å². The minimum atomic E-state index is -0.304. The van der Waals surface area contributed by atoms with Crippen LogP contribution in [0.2, 0.25) is 5.02 Å². The largest absolute Gasteiger partial charge is 0.495 e. The summed E-state index contributed by atoms with van der Waals surface area (Å²) in [6, 6.07) is 13.1. The average molecular weight is 368 g/mol. The molecule has 0 saturated carbocycles. The molecular weight excluding hydrogens is 350 g/mol. The number of carbonyl (C=O) groups is 1. The fourth-order valence-electron chi connectivity index (χ4n) is 2.54. The number of benzene rings is 2. The average Bonchev–Trinajstić information content (AvgIpc) is 2.65. The Morgan fingerprint density at radius 2 is 1.88 bits per heavy atom. The number of methoxy groups -OCH3 is 1. The van der Waals surface area contributed by atoms with Crippen LogP contribution in [0, 0.1) is 13.8 Å². The summed E-state index contributed by atoms with van der Waals surface area (Å²) in [6.45, 7) is 3.65. The Bertz CT molecular complexity index is 959. The van der Waals surface area contributed by atoms with Gasteiger partial charge in [0.2, 0.25) is 0 Å². The van der Waals surface area contributed by atoms with Crippen molar-refractivity contribution in [2.45, 2.75) is 13.8 Å². The molecule has 0 aliphatic rings. The molecule has 1 amide bonds. The maximum Gasteiger partial charge on any atom is 0.259 e. The van der Waals surface area contributed by atoms with Crippen LogP contribution in [0.15, 0.2) is 48.7 Å². The standard InChI is InChI=1S/C20H18ClN3O2/c1-12-9-17(18(26-3)10-16(12)21)24-20(25)15-11-22-19(23-13(15)2)14-7-5-4-6-8-14/h4-11H,1-3H3,(H,24,25). The Hall–Kier alpha value is -2.92. The van der Waals surface area contributed by atoms with Crippen molar-refractivity contribution < 1.29 is 9.53 Å². The molecule has 1 heterocycles. The van der Waals surface area contributed by atoms with Crippen LogP contribution in [0.1, 0.15) is 21.6 Å². The van der Waals surface area contributed by atoms with Crippen LogP contribution in [0.4, 0.5) is 5.69 Å². The number of hydrogen-bond donors (Lipinski definition) is 1. The lowest BCUT2D eigenvalue weighted by molar-refractivity contribution is 0.102. The minimum Gasteiger partial charge on any atom is -0.495 e. The molecule has 26 heavy (non-hydrogen) atoms. The molecule has 0 atom stereocenters. The molecule has 1 aromatic heterocycles. The van der Waals surface area contributed by atoms with Gasteiger partial charge in [0.25, 0.3) is 5.91 Å². The third-order valence-corrected chi connectivity index (χ3v) is 4.39. The van der Waals surface area contributed by atoms with Crippen molar-refractivity contribution in [3.05, 3.63) is 70.5 Å². The summed E-state index contributed by atoms with van der Waals surface area (Å²) in [5.41, 5.74) is 3.29. The van der Waals surface area contributed by atoms with Gasteiger partial charge in [0.05, 0.1) is 24.1 Å². The number of aromatic nitrogens is 2. The van der Waals surface area contributed by atoms with Crippen LogP contribution in [-0.4, -0.2) is 23.0 Å². The second-order valence-electron chi connectivity index (χ2n) is 5.81. The summed E-state index contributed by atoms with van der Waals surface area (Å²) >= 11 is 6.11. The van der Waals surface area contributed by atoms with E-state index in [4.69, 9.17) is 16.3 Å². The first-order valence-corrected chi connectivity index (χ1v) is 8.42. The Morgan fingerprint density at radius 1 is 1.15 bits per heavy atom. The molecule has 5 nitrogen and oxygen atoms in total. The first-order valence-electron chi connectivity index (χ1n) is 8.04. The zero-order valence-corrected chi connectivity index (χ0v) is 15.5. The fraction of sp³-hybridized carbons (Fsp3) is 0.150. The lowest BCUT2D eigenvalue weighted by Crippen LogP contribution is -2.15. The Labute approximate surface area is 157 Å². The molecule has 132 valence electrons. The van der Waals surface area contributed by atoms with E-state index in [1.807, 2.05) is 37.3 Å². The van der Waals surface area contributed by atoms with Crippen molar-refractivity contribution in [1.29, 1.82) is 0 Å². The van der Waals surface area contributed by atoms with Crippen LogP contribution in [0.25, 0.3) is 11.4 Å². The molecule has 0 spiro atoms. The highest BCUT2D eigenvalue weighted by Crippen LogP contribution is 2.31. The van der Waals surface area contributed by atoms with E-state index in [0.717, 1.165) is 11.1 Å². The van der Waals surface area contributed by atoms with E-state index in [0.29, 0.717) is 33.5 Å². The van der Waals surface area contributed by atoms with Crippen molar-refractivity contribution in [3.63, 3.8) is 0 Å².